The average molecular weight is 218 g/mol. The maximum atomic E-state index is 12.5. The number of rotatable bonds is 0. The molecule has 0 aliphatic heterocycles. The summed E-state index contributed by atoms with van der Waals surface area (Å²) in [5.74, 6) is 5.27. The highest BCUT2D eigenvalue weighted by Gasteiger charge is 2.57. The van der Waals surface area contributed by atoms with E-state index >= 15 is 0 Å². The molecule has 4 saturated carbocycles. The van der Waals surface area contributed by atoms with Crippen LogP contribution in [0.2, 0.25) is 0 Å². The van der Waals surface area contributed by atoms with Gasteiger partial charge < -0.3 is 0 Å². The van der Waals surface area contributed by atoms with Crippen molar-refractivity contribution in [1.82, 2.24) is 0 Å². The van der Waals surface area contributed by atoms with Crippen LogP contribution in [0.5, 0.6) is 0 Å². The van der Waals surface area contributed by atoms with Crippen molar-refractivity contribution in [2.24, 2.45) is 35.5 Å². The molecule has 0 N–H and O–H groups in total. The number of hydrogen-bond donors (Lipinski definition) is 0. The number of hydrogen-bond acceptors (Lipinski definition) is 1. The summed E-state index contributed by atoms with van der Waals surface area (Å²) in [6.07, 6.45) is 10.9. The molecular weight excluding hydrogens is 196 g/mol. The van der Waals surface area contributed by atoms with Crippen LogP contribution < -0.4 is 0 Å². The second-order valence-corrected chi connectivity index (χ2v) is 6.73. The smallest absolute Gasteiger partial charge is 0.139 e. The van der Waals surface area contributed by atoms with Crippen molar-refractivity contribution in [1.29, 1.82) is 0 Å². The van der Waals surface area contributed by atoms with E-state index in [9.17, 15) is 4.79 Å². The van der Waals surface area contributed by atoms with Gasteiger partial charge in [0.15, 0.2) is 0 Å². The van der Waals surface area contributed by atoms with Gasteiger partial charge in [-0.2, -0.15) is 0 Å². The van der Waals surface area contributed by atoms with Crippen LogP contribution in [-0.2, 0) is 4.79 Å². The van der Waals surface area contributed by atoms with Crippen molar-refractivity contribution in [2.45, 2.75) is 51.4 Å². The molecule has 0 amide bonds. The Morgan fingerprint density at radius 2 is 1.19 bits per heavy atom. The lowest BCUT2D eigenvalue weighted by Gasteiger charge is -2.46. The van der Waals surface area contributed by atoms with Gasteiger partial charge in [0.05, 0.1) is 0 Å². The number of carbonyl (C=O) groups excluding carboxylic acids is 1. The monoisotopic (exact) mass is 218 g/mol. The van der Waals surface area contributed by atoms with E-state index in [2.05, 4.69) is 0 Å². The standard InChI is InChI=1S/C15H22O/c16-15-11-5-1-3-9-7-8-10-4-2-6-12(15)14(10)13(9)11/h9-14H,1-8H2. The number of carbonyl (C=O) groups is 1. The molecule has 0 aromatic rings. The van der Waals surface area contributed by atoms with Gasteiger partial charge in [0, 0.05) is 11.8 Å². The first-order chi connectivity index (χ1) is 7.86. The molecular formula is C15H22O. The normalized spacial score (nSPS) is 54.9. The maximum absolute atomic E-state index is 12.5. The molecule has 6 atom stereocenters. The van der Waals surface area contributed by atoms with Crippen molar-refractivity contribution < 1.29 is 4.79 Å². The average Bonchev–Trinajstić information content (AvgIpc) is 2.64. The molecule has 0 aromatic carbocycles. The molecule has 16 heavy (non-hydrogen) atoms. The van der Waals surface area contributed by atoms with Gasteiger partial charge in [-0.15, -0.1) is 0 Å². The van der Waals surface area contributed by atoms with E-state index < -0.39 is 0 Å². The van der Waals surface area contributed by atoms with E-state index in [-0.39, 0.29) is 0 Å². The van der Waals surface area contributed by atoms with Crippen molar-refractivity contribution in [3.05, 3.63) is 0 Å². The van der Waals surface area contributed by atoms with Crippen molar-refractivity contribution in [3.63, 3.8) is 0 Å². The summed E-state index contributed by atoms with van der Waals surface area (Å²) in [5, 5.41) is 0. The molecule has 0 heterocycles. The number of Topliss-reactive ketones (excluding diaryl/α,β-unsaturated/α-hetero) is 1. The summed E-state index contributed by atoms with van der Waals surface area (Å²) < 4.78 is 0. The Hall–Kier alpha value is -0.330. The van der Waals surface area contributed by atoms with E-state index in [1.807, 2.05) is 0 Å². The van der Waals surface area contributed by atoms with Crippen LogP contribution in [0.15, 0.2) is 0 Å². The zero-order valence-electron chi connectivity index (χ0n) is 10.0. The highest BCUT2D eigenvalue weighted by atomic mass is 16.1. The van der Waals surface area contributed by atoms with Crippen LogP contribution in [-0.4, -0.2) is 5.78 Å². The predicted molar refractivity (Wildman–Crippen MR) is 62.9 cm³/mol. The summed E-state index contributed by atoms with van der Waals surface area (Å²) in [6.45, 7) is 0. The molecule has 4 rings (SSSR count). The second-order valence-electron chi connectivity index (χ2n) is 6.73. The minimum absolute atomic E-state index is 0.509. The molecule has 0 spiro atoms. The molecule has 0 aromatic heterocycles. The first kappa shape index (κ1) is 9.67. The van der Waals surface area contributed by atoms with Crippen LogP contribution in [0.1, 0.15) is 51.4 Å². The lowest BCUT2D eigenvalue weighted by molar-refractivity contribution is -0.125. The van der Waals surface area contributed by atoms with Crippen LogP contribution in [0, 0.1) is 35.5 Å². The molecule has 4 aliphatic rings. The van der Waals surface area contributed by atoms with Gasteiger partial charge in [-0.05, 0) is 49.4 Å². The van der Waals surface area contributed by atoms with E-state index in [1.165, 1.54) is 51.4 Å². The Balaban J connectivity index is 1.76. The van der Waals surface area contributed by atoms with Gasteiger partial charge in [0.1, 0.15) is 5.78 Å². The first-order valence-corrected chi connectivity index (χ1v) is 7.40. The third-order valence-electron chi connectivity index (χ3n) is 6.28. The zero-order chi connectivity index (χ0) is 10.7. The minimum atomic E-state index is 0.509. The lowest BCUT2D eigenvalue weighted by atomic mass is 9.58. The largest absolute Gasteiger partial charge is 0.299 e. The Labute approximate surface area is 98.0 Å². The lowest BCUT2D eigenvalue weighted by Crippen LogP contribution is -2.39. The highest BCUT2D eigenvalue weighted by molar-refractivity contribution is 5.86. The van der Waals surface area contributed by atoms with E-state index in [0.29, 0.717) is 17.6 Å². The highest BCUT2D eigenvalue weighted by Crippen LogP contribution is 2.60. The molecule has 88 valence electrons. The Kier molecular flexibility index (Phi) is 2.02. The third-order valence-corrected chi connectivity index (χ3v) is 6.28. The zero-order valence-corrected chi connectivity index (χ0v) is 10.0. The van der Waals surface area contributed by atoms with E-state index in [0.717, 1.165) is 23.7 Å². The van der Waals surface area contributed by atoms with Crippen molar-refractivity contribution in [2.75, 3.05) is 0 Å². The second kappa shape index (κ2) is 3.34. The van der Waals surface area contributed by atoms with E-state index in [4.69, 9.17) is 0 Å². The molecule has 4 aliphatic carbocycles. The van der Waals surface area contributed by atoms with Gasteiger partial charge in [-0.25, -0.2) is 0 Å². The Morgan fingerprint density at radius 3 is 1.69 bits per heavy atom. The summed E-state index contributed by atoms with van der Waals surface area (Å²) >= 11 is 0. The molecule has 0 saturated heterocycles. The first-order valence-electron chi connectivity index (χ1n) is 7.40. The quantitative estimate of drug-likeness (QED) is 0.609. The molecule has 1 heteroatoms. The minimum Gasteiger partial charge on any atom is -0.299 e. The summed E-state index contributed by atoms with van der Waals surface area (Å²) in [7, 11) is 0. The van der Waals surface area contributed by atoms with Gasteiger partial charge in [0.25, 0.3) is 0 Å². The number of ketones is 1. The predicted octanol–water partition coefficient (Wildman–Crippen LogP) is 3.43. The van der Waals surface area contributed by atoms with Crippen LogP contribution in [0.25, 0.3) is 0 Å². The summed E-state index contributed by atoms with van der Waals surface area (Å²) in [6, 6.07) is 0. The molecule has 0 bridgehead atoms. The van der Waals surface area contributed by atoms with Crippen LogP contribution in [0.3, 0.4) is 0 Å². The van der Waals surface area contributed by atoms with Gasteiger partial charge in [-0.1, -0.05) is 25.7 Å². The summed E-state index contributed by atoms with van der Waals surface area (Å²) in [4.78, 5) is 12.5. The van der Waals surface area contributed by atoms with Gasteiger partial charge >= 0.3 is 0 Å². The molecule has 1 nitrogen and oxygen atoms in total. The van der Waals surface area contributed by atoms with Crippen LogP contribution in [0.4, 0.5) is 0 Å². The van der Waals surface area contributed by atoms with Crippen LogP contribution >= 0.6 is 0 Å². The molecule has 4 fully saturated rings. The fourth-order valence-corrected chi connectivity index (χ4v) is 5.83. The fraction of sp³-hybridized carbons (Fsp3) is 0.933. The van der Waals surface area contributed by atoms with Gasteiger partial charge in [-0.3, -0.25) is 4.79 Å². The summed E-state index contributed by atoms with van der Waals surface area (Å²) in [5.41, 5.74) is 0. The van der Waals surface area contributed by atoms with Crippen molar-refractivity contribution in [3.8, 4) is 0 Å². The SMILES string of the molecule is O=C1C2CCCC3CCC4CCCC1C4C32. The fourth-order valence-electron chi connectivity index (χ4n) is 5.83. The third kappa shape index (κ3) is 1.10. The van der Waals surface area contributed by atoms with Crippen molar-refractivity contribution >= 4 is 5.78 Å². The maximum Gasteiger partial charge on any atom is 0.139 e. The topological polar surface area (TPSA) is 17.1 Å². The Bertz CT molecular complexity index is 291. The molecule has 0 radical (unpaired) electrons. The Morgan fingerprint density at radius 1 is 0.688 bits per heavy atom. The molecule has 6 unspecified atom stereocenters. The van der Waals surface area contributed by atoms with Gasteiger partial charge in [0.2, 0.25) is 0 Å². The van der Waals surface area contributed by atoms with E-state index in [1.54, 1.807) is 0 Å².